The van der Waals surface area contributed by atoms with Crippen molar-refractivity contribution in [1.82, 2.24) is 0 Å². The van der Waals surface area contributed by atoms with Gasteiger partial charge in [-0.25, -0.2) is 4.39 Å². The summed E-state index contributed by atoms with van der Waals surface area (Å²) in [5.41, 5.74) is 0.200. The minimum atomic E-state index is -0.509. The van der Waals surface area contributed by atoms with E-state index >= 15 is 0 Å². The zero-order valence-corrected chi connectivity index (χ0v) is 10.0. The minimum Gasteiger partial charge on any atom is -0.393 e. The summed E-state index contributed by atoms with van der Waals surface area (Å²) in [6.07, 6.45) is 0.299. The van der Waals surface area contributed by atoms with E-state index in [4.69, 9.17) is 0 Å². The van der Waals surface area contributed by atoms with Gasteiger partial charge in [-0.05, 0) is 19.4 Å². The van der Waals surface area contributed by atoms with Crippen LogP contribution in [0.3, 0.4) is 0 Å². The van der Waals surface area contributed by atoms with Crippen LogP contribution in [0.1, 0.15) is 13.3 Å². The molecule has 2 unspecified atom stereocenters. The van der Waals surface area contributed by atoms with Gasteiger partial charge in [-0.1, -0.05) is 0 Å². The molecule has 1 aliphatic rings. The van der Waals surface area contributed by atoms with Crippen LogP contribution in [-0.4, -0.2) is 29.2 Å². The molecule has 1 aliphatic heterocycles. The quantitative estimate of drug-likeness (QED) is 0.661. The fraction of sp³-hybridized carbons (Fsp3) is 0.500. The van der Waals surface area contributed by atoms with Gasteiger partial charge in [-0.2, -0.15) is 0 Å². The number of aliphatic hydroxyl groups is 1. The van der Waals surface area contributed by atoms with Gasteiger partial charge in [0.05, 0.1) is 11.0 Å². The summed E-state index contributed by atoms with van der Waals surface area (Å²) in [5, 5.41) is 20.4. The van der Waals surface area contributed by atoms with Gasteiger partial charge in [0.25, 0.3) is 5.69 Å². The maximum Gasteiger partial charge on any atom is 0.292 e. The first-order chi connectivity index (χ1) is 8.49. The van der Waals surface area contributed by atoms with Crippen LogP contribution < -0.4 is 4.90 Å². The zero-order valence-electron chi connectivity index (χ0n) is 10.0. The Hall–Kier alpha value is -1.69. The second-order valence-corrected chi connectivity index (χ2v) is 4.63. The average Bonchev–Trinajstić information content (AvgIpc) is 2.77. The van der Waals surface area contributed by atoms with E-state index in [1.807, 2.05) is 0 Å². The molecule has 5 nitrogen and oxygen atoms in total. The molecule has 1 fully saturated rings. The van der Waals surface area contributed by atoms with Crippen LogP contribution in [0.25, 0.3) is 0 Å². The maximum atomic E-state index is 13.2. The lowest BCUT2D eigenvalue weighted by atomic mass is 10.0. The molecule has 0 aromatic heterocycles. The van der Waals surface area contributed by atoms with Crippen LogP contribution in [-0.2, 0) is 0 Å². The van der Waals surface area contributed by atoms with Gasteiger partial charge < -0.3 is 10.0 Å². The molecule has 0 bridgehead atoms. The highest BCUT2D eigenvalue weighted by Gasteiger charge is 2.30. The third kappa shape index (κ3) is 2.43. The van der Waals surface area contributed by atoms with Crippen molar-refractivity contribution in [2.24, 2.45) is 5.92 Å². The van der Waals surface area contributed by atoms with Crippen molar-refractivity contribution in [1.29, 1.82) is 0 Å². The monoisotopic (exact) mass is 254 g/mol. The molecule has 18 heavy (non-hydrogen) atoms. The van der Waals surface area contributed by atoms with Crippen molar-refractivity contribution >= 4 is 11.4 Å². The summed E-state index contributed by atoms with van der Waals surface area (Å²) in [4.78, 5) is 12.2. The maximum absolute atomic E-state index is 13.2. The normalized spacial score (nSPS) is 21.1. The first-order valence-corrected chi connectivity index (χ1v) is 5.86. The summed E-state index contributed by atoms with van der Waals surface area (Å²) in [5.74, 6) is -0.413. The number of aliphatic hydroxyl groups excluding tert-OH is 1. The number of nitrogens with zero attached hydrogens (tertiary/aromatic N) is 2. The molecular weight excluding hydrogens is 239 g/mol. The van der Waals surface area contributed by atoms with E-state index in [1.165, 1.54) is 12.1 Å². The van der Waals surface area contributed by atoms with Crippen LogP contribution >= 0.6 is 0 Å². The highest BCUT2D eigenvalue weighted by Crippen LogP contribution is 2.33. The fourth-order valence-electron chi connectivity index (χ4n) is 2.30. The molecule has 1 aromatic carbocycles. The van der Waals surface area contributed by atoms with Crippen LogP contribution in [0, 0.1) is 21.8 Å². The molecule has 0 spiro atoms. The van der Waals surface area contributed by atoms with Crippen molar-refractivity contribution in [2.75, 3.05) is 18.0 Å². The summed E-state index contributed by atoms with van der Waals surface area (Å²) in [6, 6.07) is 3.45. The second-order valence-electron chi connectivity index (χ2n) is 4.63. The Morgan fingerprint density at radius 1 is 1.61 bits per heavy atom. The number of benzene rings is 1. The van der Waals surface area contributed by atoms with Crippen molar-refractivity contribution in [3.05, 3.63) is 34.1 Å². The van der Waals surface area contributed by atoms with Crippen LogP contribution in [0.2, 0.25) is 0 Å². The number of halogens is 1. The highest BCUT2D eigenvalue weighted by atomic mass is 19.1. The second kappa shape index (κ2) is 4.89. The molecule has 0 radical (unpaired) electrons. The summed E-state index contributed by atoms with van der Waals surface area (Å²) < 4.78 is 13.2. The summed E-state index contributed by atoms with van der Waals surface area (Å²) in [7, 11) is 0. The third-order valence-electron chi connectivity index (χ3n) is 3.38. The van der Waals surface area contributed by atoms with Crippen LogP contribution in [0.15, 0.2) is 18.2 Å². The lowest BCUT2D eigenvalue weighted by Crippen LogP contribution is -2.24. The molecule has 0 amide bonds. The molecule has 98 valence electrons. The predicted octanol–water partition coefficient (Wildman–Crippen LogP) is 1.94. The third-order valence-corrected chi connectivity index (χ3v) is 3.38. The van der Waals surface area contributed by atoms with Crippen molar-refractivity contribution in [3.63, 3.8) is 0 Å². The Balaban J connectivity index is 2.28. The molecular formula is C12H15FN2O3. The number of hydrogen-bond donors (Lipinski definition) is 1. The molecule has 1 heterocycles. The van der Waals surface area contributed by atoms with Gasteiger partial charge in [-0.3, -0.25) is 10.1 Å². The van der Waals surface area contributed by atoms with E-state index in [1.54, 1.807) is 11.8 Å². The van der Waals surface area contributed by atoms with Crippen LogP contribution in [0.5, 0.6) is 0 Å². The molecule has 2 rings (SSSR count). The molecule has 0 saturated carbocycles. The van der Waals surface area contributed by atoms with Gasteiger partial charge in [-0.15, -0.1) is 0 Å². The Labute approximate surface area is 104 Å². The Morgan fingerprint density at radius 3 is 2.89 bits per heavy atom. The smallest absolute Gasteiger partial charge is 0.292 e. The van der Waals surface area contributed by atoms with E-state index in [0.29, 0.717) is 18.8 Å². The SMILES string of the molecule is CC(O)C1CCN(c2cc(F)ccc2[N+](=O)[O-])C1. The molecule has 1 saturated heterocycles. The first-order valence-electron chi connectivity index (χ1n) is 5.86. The minimum absolute atomic E-state index is 0.0767. The molecule has 0 aliphatic carbocycles. The molecule has 6 heteroatoms. The topological polar surface area (TPSA) is 66.6 Å². The lowest BCUT2D eigenvalue weighted by molar-refractivity contribution is -0.384. The number of hydrogen-bond acceptors (Lipinski definition) is 4. The van der Waals surface area contributed by atoms with Gasteiger partial charge >= 0.3 is 0 Å². The van der Waals surface area contributed by atoms with E-state index in [0.717, 1.165) is 12.5 Å². The highest BCUT2D eigenvalue weighted by molar-refractivity contribution is 5.63. The first kappa shape index (κ1) is 12.8. The van der Waals surface area contributed by atoms with Gasteiger partial charge in [0.1, 0.15) is 11.5 Å². The van der Waals surface area contributed by atoms with E-state index < -0.39 is 16.8 Å². The Bertz CT molecular complexity index is 465. The van der Waals surface area contributed by atoms with Crippen molar-refractivity contribution in [3.8, 4) is 0 Å². The van der Waals surface area contributed by atoms with Crippen LogP contribution in [0.4, 0.5) is 15.8 Å². The predicted molar refractivity (Wildman–Crippen MR) is 65.1 cm³/mol. The Morgan fingerprint density at radius 2 is 2.33 bits per heavy atom. The van der Waals surface area contributed by atoms with Gasteiger partial charge in [0.2, 0.25) is 0 Å². The van der Waals surface area contributed by atoms with E-state index in [9.17, 15) is 19.6 Å². The number of rotatable bonds is 3. The van der Waals surface area contributed by atoms with Crippen molar-refractivity contribution in [2.45, 2.75) is 19.4 Å². The number of nitro groups is 1. The Kier molecular flexibility index (Phi) is 3.47. The summed E-state index contributed by atoms with van der Waals surface area (Å²) >= 11 is 0. The number of anilines is 1. The summed E-state index contributed by atoms with van der Waals surface area (Å²) in [6.45, 7) is 2.82. The molecule has 2 atom stereocenters. The molecule has 1 N–H and O–H groups in total. The van der Waals surface area contributed by atoms with E-state index in [2.05, 4.69) is 0 Å². The fourth-order valence-corrected chi connectivity index (χ4v) is 2.30. The standard InChI is InChI=1S/C12H15FN2O3/c1-8(16)9-4-5-14(7-9)12-6-10(13)2-3-11(12)15(17)18/h2-3,6,8-9,16H,4-5,7H2,1H3. The number of nitro benzene ring substituents is 1. The van der Waals surface area contributed by atoms with Gasteiger partial charge in [0.15, 0.2) is 0 Å². The lowest BCUT2D eigenvalue weighted by Gasteiger charge is -2.19. The largest absolute Gasteiger partial charge is 0.393 e. The molecule has 1 aromatic rings. The zero-order chi connectivity index (χ0) is 13.3. The average molecular weight is 254 g/mol. The van der Waals surface area contributed by atoms with Crippen molar-refractivity contribution < 1.29 is 14.4 Å². The van der Waals surface area contributed by atoms with Gasteiger partial charge in [0, 0.05) is 31.1 Å². The van der Waals surface area contributed by atoms with E-state index in [-0.39, 0.29) is 11.6 Å².